The lowest BCUT2D eigenvalue weighted by atomic mass is 10.3. The Kier molecular flexibility index (Phi) is 5.66. The van der Waals surface area contributed by atoms with Crippen molar-refractivity contribution in [1.29, 1.82) is 0 Å². The molecule has 1 aromatic heterocycles. The number of aromatic nitrogens is 1. The minimum Gasteiger partial charge on any atom is -0.481 e. The standard InChI is InChI=1S/C6H8ClNS.C2H4O2/c1-3-5-4(2)8-6(7)9-5;1-2(3)4/h3H2,1-2H3;1H3,(H,3,4). The Morgan fingerprint density at radius 3 is 2.31 bits per heavy atom. The van der Waals surface area contributed by atoms with Gasteiger partial charge in [0.25, 0.3) is 5.97 Å². The maximum absolute atomic E-state index is 9.00. The molecule has 0 spiro atoms. The number of halogens is 1. The van der Waals surface area contributed by atoms with Crippen LogP contribution in [0.3, 0.4) is 0 Å². The van der Waals surface area contributed by atoms with E-state index in [0.29, 0.717) is 4.47 Å². The largest absolute Gasteiger partial charge is 0.481 e. The van der Waals surface area contributed by atoms with Crippen molar-refractivity contribution in [1.82, 2.24) is 4.98 Å². The Morgan fingerprint density at radius 2 is 2.15 bits per heavy atom. The van der Waals surface area contributed by atoms with Gasteiger partial charge < -0.3 is 5.11 Å². The normalized spacial score (nSPS) is 8.92. The van der Waals surface area contributed by atoms with Crippen molar-refractivity contribution in [2.24, 2.45) is 0 Å². The van der Waals surface area contributed by atoms with Crippen molar-refractivity contribution in [2.45, 2.75) is 27.2 Å². The van der Waals surface area contributed by atoms with E-state index in [0.717, 1.165) is 19.0 Å². The van der Waals surface area contributed by atoms with E-state index in [4.69, 9.17) is 21.5 Å². The SMILES string of the molecule is CC(=O)O.CCc1sc(Cl)nc1C. The number of carboxylic acids is 1. The summed E-state index contributed by atoms with van der Waals surface area (Å²) in [5.41, 5.74) is 1.08. The third-order valence-corrected chi connectivity index (χ3v) is 2.59. The number of rotatable bonds is 1. The Bertz CT molecular complexity index is 282. The van der Waals surface area contributed by atoms with Crippen molar-refractivity contribution in [3.8, 4) is 0 Å². The lowest BCUT2D eigenvalue weighted by Crippen LogP contribution is -1.78. The molecule has 13 heavy (non-hydrogen) atoms. The molecule has 74 valence electrons. The highest BCUT2D eigenvalue weighted by atomic mass is 35.5. The summed E-state index contributed by atoms with van der Waals surface area (Å²) in [5.74, 6) is -0.833. The number of aryl methyl sites for hydroxylation is 2. The average molecular weight is 222 g/mol. The predicted octanol–water partition coefficient (Wildman–Crippen LogP) is 2.76. The van der Waals surface area contributed by atoms with Crippen LogP contribution in [0.25, 0.3) is 0 Å². The second kappa shape index (κ2) is 5.94. The molecule has 0 saturated carbocycles. The van der Waals surface area contributed by atoms with Crippen LogP contribution in [0, 0.1) is 6.92 Å². The minimum atomic E-state index is -0.833. The fraction of sp³-hybridized carbons (Fsp3) is 0.500. The first-order chi connectivity index (χ1) is 5.97. The molecule has 0 bridgehead atoms. The van der Waals surface area contributed by atoms with Crippen molar-refractivity contribution in [3.05, 3.63) is 15.0 Å². The highest BCUT2D eigenvalue weighted by Crippen LogP contribution is 2.21. The van der Waals surface area contributed by atoms with Gasteiger partial charge in [-0.2, -0.15) is 0 Å². The van der Waals surface area contributed by atoms with Gasteiger partial charge in [0.15, 0.2) is 4.47 Å². The Morgan fingerprint density at radius 1 is 1.69 bits per heavy atom. The van der Waals surface area contributed by atoms with Crippen LogP contribution in [0.4, 0.5) is 0 Å². The van der Waals surface area contributed by atoms with Gasteiger partial charge in [-0.3, -0.25) is 4.79 Å². The summed E-state index contributed by atoms with van der Waals surface area (Å²) >= 11 is 7.22. The maximum Gasteiger partial charge on any atom is 0.300 e. The molecule has 3 nitrogen and oxygen atoms in total. The third kappa shape index (κ3) is 5.60. The van der Waals surface area contributed by atoms with Crippen LogP contribution in [0.15, 0.2) is 0 Å². The lowest BCUT2D eigenvalue weighted by molar-refractivity contribution is -0.134. The minimum absolute atomic E-state index is 0.657. The molecule has 0 aromatic carbocycles. The van der Waals surface area contributed by atoms with E-state index in [1.807, 2.05) is 6.92 Å². The summed E-state index contributed by atoms with van der Waals surface area (Å²) in [6, 6.07) is 0. The molecule has 0 radical (unpaired) electrons. The van der Waals surface area contributed by atoms with Gasteiger partial charge in [0, 0.05) is 11.8 Å². The molecule has 0 aliphatic carbocycles. The molecule has 0 saturated heterocycles. The van der Waals surface area contributed by atoms with Crippen LogP contribution in [-0.2, 0) is 11.2 Å². The van der Waals surface area contributed by atoms with Crippen LogP contribution >= 0.6 is 22.9 Å². The molecule has 1 N–H and O–H groups in total. The number of carboxylic acid groups (broad SMARTS) is 1. The molecule has 5 heteroatoms. The first kappa shape index (κ1) is 12.4. The fourth-order valence-corrected chi connectivity index (χ4v) is 1.85. The number of aliphatic carboxylic acids is 1. The zero-order valence-electron chi connectivity index (χ0n) is 7.80. The van der Waals surface area contributed by atoms with E-state index >= 15 is 0 Å². The van der Waals surface area contributed by atoms with Gasteiger partial charge in [-0.1, -0.05) is 18.5 Å². The summed E-state index contributed by atoms with van der Waals surface area (Å²) in [6.45, 7) is 5.18. The zero-order chi connectivity index (χ0) is 10.4. The first-order valence-electron chi connectivity index (χ1n) is 3.78. The van der Waals surface area contributed by atoms with E-state index < -0.39 is 5.97 Å². The van der Waals surface area contributed by atoms with Crippen molar-refractivity contribution in [3.63, 3.8) is 0 Å². The monoisotopic (exact) mass is 221 g/mol. The first-order valence-corrected chi connectivity index (χ1v) is 4.98. The second-order valence-corrected chi connectivity index (χ2v) is 4.01. The Balaban J connectivity index is 0.000000310. The van der Waals surface area contributed by atoms with E-state index in [2.05, 4.69) is 11.9 Å². The van der Waals surface area contributed by atoms with Crippen LogP contribution in [-0.4, -0.2) is 16.1 Å². The van der Waals surface area contributed by atoms with Gasteiger partial charge in [0.05, 0.1) is 5.69 Å². The fourth-order valence-electron chi connectivity index (χ4n) is 0.721. The smallest absolute Gasteiger partial charge is 0.300 e. The van der Waals surface area contributed by atoms with Crippen LogP contribution in [0.5, 0.6) is 0 Å². The van der Waals surface area contributed by atoms with Crippen molar-refractivity contribution < 1.29 is 9.90 Å². The molecule has 0 aliphatic rings. The molecule has 0 unspecified atom stereocenters. The molecule has 1 aromatic rings. The molecule has 1 heterocycles. The van der Waals surface area contributed by atoms with Crippen LogP contribution < -0.4 is 0 Å². The number of carbonyl (C=O) groups is 1. The average Bonchev–Trinajstić information content (AvgIpc) is 2.28. The van der Waals surface area contributed by atoms with E-state index in [1.165, 1.54) is 4.88 Å². The van der Waals surface area contributed by atoms with Gasteiger partial charge in [-0.15, -0.1) is 11.3 Å². The van der Waals surface area contributed by atoms with E-state index in [1.54, 1.807) is 11.3 Å². The third-order valence-electron chi connectivity index (χ3n) is 1.19. The Hall–Kier alpha value is -0.610. The van der Waals surface area contributed by atoms with Gasteiger partial charge in [0.1, 0.15) is 0 Å². The number of nitrogens with zero attached hydrogens (tertiary/aromatic N) is 1. The number of hydrogen-bond donors (Lipinski definition) is 1. The second-order valence-electron chi connectivity index (χ2n) is 2.35. The molecule has 0 amide bonds. The molecular weight excluding hydrogens is 210 g/mol. The highest BCUT2D eigenvalue weighted by Gasteiger charge is 2.01. The quantitative estimate of drug-likeness (QED) is 0.794. The summed E-state index contributed by atoms with van der Waals surface area (Å²) < 4.78 is 0.657. The predicted molar refractivity (Wildman–Crippen MR) is 54.5 cm³/mol. The summed E-state index contributed by atoms with van der Waals surface area (Å²) in [7, 11) is 0. The summed E-state index contributed by atoms with van der Waals surface area (Å²) in [6.07, 6.45) is 1.04. The highest BCUT2D eigenvalue weighted by molar-refractivity contribution is 7.15. The molecule has 0 atom stereocenters. The van der Waals surface area contributed by atoms with E-state index in [-0.39, 0.29) is 0 Å². The number of thiazole rings is 1. The van der Waals surface area contributed by atoms with Crippen LogP contribution in [0.1, 0.15) is 24.4 Å². The van der Waals surface area contributed by atoms with Crippen molar-refractivity contribution in [2.75, 3.05) is 0 Å². The lowest BCUT2D eigenvalue weighted by Gasteiger charge is -1.85. The summed E-state index contributed by atoms with van der Waals surface area (Å²) in [4.78, 5) is 14.4. The topological polar surface area (TPSA) is 50.2 Å². The van der Waals surface area contributed by atoms with Gasteiger partial charge in [-0.25, -0.2) is 4.98 Å². The maximum atomic E-state index is 9.00. The van der Waals surface area contributed by atoms with Gasteiger partial charge in [-0.05, 0) is 13.3 Å². The van der Waals surface area contributed by atoms with Gasteiger partial charge in [0.2, 0.25) is 0 Å². The molecule has 0 fully saturated rings. The zero-order valence-corrected chi connectivity index (χ0v) is 9.37. The number of hydrogen-bond acceptors (Lipinski definition) is 3. The summed E-state index contributed by atoms with van der Waals surface area (Å²) in [5, 5.41) is 7.42. The van der Waals surface area contributed by atoms with E-state index in [9.17, 15) is 0 Å². The Labute approximate surface area is 86.4 Å². The molecular formula is C8H12ClNO2S. The molecule has 0 aliphatic heterocycles. The van der Waals surface area contributed by atoms with Crippen LogP contribution in [0.2, 0.25) is 4.47 Å². The van der Waals surface area contributed by atoms with Gasteiger partial charge >= 0.3 is 0 Å². The van der Waals surface area contributed by atoms with Crippen molar-refractivity contribution >= 4 is 28.9 Å². The molecule has 1 rings (SSSR count).